The smallest absolute Gasteiger partial charge is 0.344 e. The van der Waals surface area contributed by atoms with Crippen LogP contribution in [0.2, 0.25) is 0 Å². The van der Waals surface area contributed by atoms with Crippen LogP contribution in [-0.2, 0) is 33.4 Å². The summed E-state index contributed by atoms with van der Waals surface area (Å²) in [5, 5.41) is 9.06. The third-order valence-corrected chi connectivity index (χ3v) is 3.97. The van der Waals surface area contributed by atoms with Gasteiger partial charge in [-0.25, -0.2) is 9.59 Å². The number of hydrogen-bond acceptors (Lipinski definition) is 11. The van der Waals surface area contributed by atoms with E-state index in [9.17, 15) is 29.3 Å². The maximum atomic E-state index is 12.1. The van der Waals surface area contributed by atoms with Crippen molar-refractivity contribution in [2.75, 3.05) is 26.4 Å². The lowest BCUT2D eigenvalue weighted by Gasteiger charge is -2.09. The van der Waals surface area contributed by atoms with Crippen molar-refractivity contribution >= 4 is 23.9 Å². The molecule has 1 aromatic carbocycles. The van der Waals surface area contributed by atoms with E-state index >= 15 is 0 Å². The Balaban J connectivity index is 2.09. The molecular formula is C21H27NO11. The van der Waals surface area contributed by atoms with Gasteiger partial charge in [0.05, 0.1) is 19.8 Å². The van der Waals surface area contributed by atoms with E-state index in [1.807, 2.05) is 0 Å². The Hall–Kier alpha value is -3.70. The molecule has 33 heavy (non-hydrogen) atoms. The average Bonchev–Trinajstić information content (AvgIpc) is 2.76. The number of hydrogen-bond donors (Lipinski definition) is 0. The average molecular weight is 469 g/mol. The van der Waals surface area contributed by atoms with Gasteiger partial charge in [-0.1, -0.05) is 12.1 Å². The summed E-state index contributed by atoms with van der Waals surface area (Å²) in [4.78, 5) is 60.4. The van der Waals surface area contributed by atoms with Crippen LogP contribution in [0.1, 0.15) is 55.8 Å². The first-order chi connectivity index (χ1) is 15.8. The minimum absolute atomic E-state index is 0.0432. The molecule has 0 saturated carbocycles. The van der Waals surface area contributed by atoms with E-state index < -0.39 is 35.6 Å². The van der Waals surface area contributed by atoms with Gasteiger partial charge in [0.1, 0.15) is 11.3 Å². The number of para-hydroxylation sites is 1. The zero-order chi connectivity index (χ0) is 24.5. The van der Waals surface area contributed by atoms with Crippen molar-refractivity contribution in [2.45, 2.75) is 45.4 Å². The molecule has 12 heteroatoms. The van der Waals surface area contributed by atoms with Crippen LogP contribution in [-0.4, -0.2) is 55.4 Å². The highest BCUT2D eigenvalue weighted by Gasteiger charge is 2.15. The molecule has 0 aliphatic carbocycles. The van der Waals surface area contributed by atoms with Crippen LogP contribution in [0.15, 0.2) is 24.3 Å². The van der Waals surface area contributed by atoms with Crippen molar-refractivity contribution < 1.29 is 48.0 Å². The molecule has 12 nitrogen and oxygen atoms in total. The van der Waals surface area contributed by atoms with E-state index in [1.54, 1.807) is 12.1 Å². The standard InChI is InChI=1S/C21H27NO11/c1-16(23)33-18-10-5-4-9-17(18)21(26)30-13-6-2-3-11-19(24)31-15-20(25)29-12-7-8-14-32-22(27)28/h4-5,9-10H,2-3,6-8,11-15H2,1H3. The summed E-state index contributed by atoms with van der Waals surface area (Å²) in [5.74, 6) is -2.30. The first kappa shape index (κ1) is 27.3. The Morgan fingerprint density at radius 1 is 0.848 bits per heavy atom. The predicted octanol–water partition coefficient (Wildman–Crippen LogP) is 2.40. The minimum Gasteiger partial charge on any atom is -0.463 e. The highest BCUT2D eigenvalue weighted by Crippen LogP contribution is 2.19. The highest BCUT2D eigenvalue weighted by atomic mass is 16.9. The van der Waals surface area contributed by atoms with Gasteiger partial charge in [-0.2, -0.15) is 0 Å². The van der Waals surface area contributed by atoms with E-state index in [0.717, 1.165) is 0 Å². The quantitative estimate of drug-likeness (QED) is 0.0874. The van der Waals surface area contributed by atoms with Crippen LogP contribution in [0.4, 0.5) is 0 Å². The monoisotopic (exact) mass is 469 g/mol. The molecule has 0 aliphatic heterocycles. The Bertz CT molecular complexity index is 809. The summed E-state index contributed by atoms with van der Waals surface area (Å²) in [5.41, 5.74) is 0.146. The molecule has 0 aliphatic rings. The fourth-order valence-electron chi connectivity index (χ4n) is 2.45. The number of carbonyl (C=O) groups excluding carboxylic acids is 4. The number of benzene rings is 1. The molecule has 0 aromatic heterocycles. The maximum Gasteiger partial charge on any atom is 0.344 e. The molecule has 182 valence electrons. The number of esters is 4. The van der Waals surface area contributed by atoms with Crippen LogP contribution >= 0.6 is 0 Å². The van der Waals surface area contributed by atoms with Crippen molar-refractivity contribution in [1.82, 2.24) is 0 Å². The van der Waals surface area contributed by atoms with E-state index in [2.05, 4.69) is 4.84 Å². The zero-order valence-corrected chi connectivity index (χ0v) is 18.3. The Morgan fingerprint density at radius 3 is 2.24 bits per heavy atom. The summed E-state index contributed by atoms with van der Waals surface area (Å²) in [6, 6.07) is 6.24. The van der Waals surface area contributed by atoms with Gasteiger partial charge in [-0.3, -0.25) is 9.59 Å². The molecule has 0 N–H and O–H groups in total. The Morgan fingerprint density at radius 2 is 1.52 bits per heavy atom. The van der Waals surface area contributed by atoms with Crippen LogP contribution < -0.4 is 4.74 Å². The van der Waals surface area contributed by atoms with Crippen molar-refractivity contribution in [3.05, 3.63) is 39.9 Å². The second-order valence-corrected chi connectivity index (χ2v) is 6.68. The van der Waals surface area contributed by atoms with Crippen molar-refractivity contribution in [3.63, 3.8) is 0 Å². The van der Waals surface area contributed by atoms with Crippen molar-refractivity contribution in [1.29, 1.82) is 0 Å². The minimum atomic E-state index is -0.897. The van der Waals surface area contributed by atoms with Gasteiger partial charge < -0.3 is 23.8 Å². The van der Waals surface area contributed by atoms with Crippen molar-refractivity contribution in [2.24, 2.45) is 0 Å². The SMILES string of the molecule is CC(=O)Oc1ccccc1C(=O)OCCCCCC(=O)OCC(=O)OCCCCO[N+](=O)[O-]. The molecule has 1 rings (SSSR count). The van der Waals surface area contributed by atoms with Gasteiger partial charge in [0, 0.05) is 13.3 Å². The normalized spacial score (nSPS) is 10.1. The molecule has 0 saturated heterocycles. The van der Waals surface area contributed by atoms with Gasteiger partial charge >= 0.3 is 23.9 Å². The van der Waals surface area contributed by atoms with Gasteiger partial charge in [-0.15, -0.1) is 10.1 Å². The van der Waals surface area contributed by atoms with Crippen molar-refractivity contribution in [3.8, 4) is 5.75 Å². The lowest BCUT2D eigenvalue weighted by molar-refractivity contribution is -0.757. The molecule has 0 fully saturated rings. The molecular weight excluding hydrogens is 442 g/mol. The number of rotatable bonds is 16. The molecule has 0 unspecified atom stereocenters. The maximum absolute atomic E-state index is 12.1. The number of ether oxygens (including phenoxy) is 4. The van der Waals surface area contributed by atoms with E-state index in [0.29, 0.717) is 32.1 Å². The summed E-state index contributed by atoms with van der Waals surface area (Å²) >= 11 is 0. The second-order valence-electron chi connectivity index (χ2n) is 6.68. The van der Waals surface area contributed by atoms with Gasteiger partial charge in [0.25, 0.3) is 5.09 Å². The number of carbonyl (C=O) groups is 4. The first-order valence-electron chi connectivity index (χ1n) is 10.3. The Kier molecular flexibility index (Phi) is 13.3. The highest BCUT2D eigenvalue weighted by molar-refractivity contribution is 5.93. The molecule has 0 amide bonds. The van der Waals surface area contributed by atoms with Gasteiger partial charge in [0.15, 0.2) is 6.61 Å². The van der Waals surface area contributed by atoms with E-state index in [1.165, 1.54) is 19.1 Å². The van der Waals surface area contributed by atoms with Crippen LogP contribution in [0, 0.1) is 10.1 Å². The first-order valence-corrected chi connectivity index (χ1v) is 10.3. The summed E-state index contributed by atoms with van der Waals surface area (Å²) in [6.45, 7) is 0.809. The molecule has 0 spiro atoms. The van der Waals surface area contributed by atoms with Gasteiger partial charge in [0.2, 0.25) is 0 Å². The molecule has 0 bridgehead atoms. The van der Waals surface area contributed by atoms with E-state index in [-0.39, 0.29) is 37.6 Å². The fourth-order valence-corrected chi connectivity index (χ4v) is 2.45. The summed E-state index contributed by atoms with van der Waals surface area (Å²) in [7, 11) is 0. The van der Waals surface area contributed by atoms with Gasteiger partial charge in [-0.05, 0) is 44.2 Å². The Labute approximate surface area is 190 Å². The third-order valence-electron chi connectivity index (χ3n) is 3.97. The molecule has 0 heterocycles. The van der Waals surface area contributed by atoms with Crippen LogP contribution in [0.25, 0.3) is 0 Å². The predicted molar refractivity (Wildman–Crippen MR) is 111 cm³/mol. The fraction of sp³-hybridized carbons (Fsp3) is 0.524. The van der Waals surface area contributed by atoms with E-state index in [4.69, 9.17) is 18.9 Å². The lowest BCUT2D eigenvalue weighted by Crippen LogP contribution is -2.17. The summed E-state index contributed by atoms with van der Waals surface area (Å²) in [6.07, 6.45) is 2.40. The number of unbranched alkanes of at least 4 members (excludes halogenated alkanes) is 3. The topological polar surface area (TPSA) is 158 Å². The zero-order valence-electron chi connectivity index (χ0n) is 18.3. The van der Waals surface area contributed by atoms with Crippen LogP contribution in [0.3, 0.4) is 0 Å². The molecule has 1 aromatic rings. The number of nitrogens with zero attached hydrogens (tertiary/aromatic N) is 1. The molecule has 0 atom stereocenters. The molecule has 0 radical (unpaired) electrons. The second kappa shape index (κ2) is 16.0. The lowest BCUT2D eigenvalue weighted by atomic mass is 10.2. The largest absolute Gasteiger partial charge is 0.463 e. The third kappa shape index (κ3) is 13.3. The van der Waals surface area contributed by atoms with Crippen LogP contribution in [0.5, 0.6) is 5.75 Å². The summed E-state index contributed by atoms with van der Waals surface area (Å²) < 4.78 is 19.8.